The molecule has 0 aliphatic carbocycles. The molecule has 0 fully saturated rings. The van der Waals surface area contributed by atoms with Gasteiger partial charge in [0.15, 0.2) is 6.61 Å². The van der Waals surface area contributed by atoms with Crippen molar-refractivity contribution in [2.24, 2.45) is 0 Å². The number of carbonyl (C=O) groups is 2. The third kappa shape index (κ3) is 3.15. The lowest BCUT2D eigenvalue weighted by Crippen LogP contribution is -2.48. The lowest BCUT2D eigenvalue weighted by molar-refractivity contribution is -0.140. The number of anilines is 1. The molecule has 7 nitrogen and oxygen atoms in total. The van der Waals surface area contributed by atoms with Gasteiger partial charge in [-0.2, -0.15) is 0 Å². The zero-order chi connectivity index (χ0) is 19.0. The van der Waals surface area contributed by atoms with Crippen LogP contribution in [0.3, 0.4) is 0 Å². The maximum atomic E-state index is 12.3. The van der Waals surface area contributed by atoms with E-state index in [1.165, 1.54) is 23.2 Å². The Kier molecular flexibility index (Phi) is 4.33. The number of aromatic nitrogens is 2. The van der Waals surface area contributed by atoms with Crippen molar-refractivity contribution in [3.63, 3.8) is 0 Å². The summed E-state index contributed by atoms with van der Waals surface area (Å²) in [6.07, 6.45) is 1.71. The average Bonchev–Trinajstić information content (AvgIpc) is 3.18. The predicted octanol–water partition coefficient (Wildman–Crippen LogP) is 3.07. The van der Waals surface area contributed by atoms with Crippen molar-refractivity contribution < 1.29 is 19.4 Å². The van der Waals surface area contributed by atoms with Gasteiger partial charge in [0.25, 0.3) is 5.91 Å². The normalized spacial score (nSPS) is 14.4. The number of hydrogen-bond acceptors (Lipinski definition) is 6. The summed E-state index contributed by atoms with van der Waals surface area (Å²) in [7, 11) is 0. The summed E-state index contributed by atoms with van der Waals surface area (Å²) in [6, 6.07) is 9.96. The highest BCUT2D eigenvalue weighted by Gasteiger charge is 2.33. The van der Waals surface area contributed by atoms with Crippen LogP contribution in [0.4, 0.5) is 5.69 Å². The van der Waals surface area contributed by atoms with E-state index in [-0.39, 0.29) is 12.5 Å². The van der Waals surface area contributed by atoms with Gasteiger partial charge in [0.1, 0.15) is 16.8 Å². The van der Waals surface area contributed by atoms with E-state index >= 15 is 0 Å². The second-order valence-electron chi connectivity index (χ2n) is 6.00. The largest absolute Gasteiger partial charge is 0.482 e. The van der Waals surface area contributed by atoms with Gasteiger partial charge in [-0.05, 0) is 37.3 Å². The monoisotopic (exact) mass is 381 g/mol. The number of carbonyl (C=O) groups excluding carboxylic acids is 1. The Morgan fingerprint density at radius 3 is 2.89 bits per heavy atom. The third-order valence-corrected chi connectivity index (χ3v) is 5.13. The maximum Gasteiger partial charge on any atom is 0.326 e. The van der Waals surface area contributed by atoms with Gasteiger partial charge in [0, 0.05) is 17.1 Å². The molecule has 0 saturated heterocycles. The second-order valence-corrected chi connectivity index (χ2v) is 6.86. The second kappa shape index (κ2) is 6.81. The van der Waals surface area contributed by atoms with E-state index in [2.05, 4.69) is 9.97 Å². The molecule has 0 radical (unpaired) electrons. The van der Waals surface area contributed by atoms with E-state index in [1.807, 2.05) is 29.6 Å². The predicted molar refractivity (Wildman–Crippen MR) is 101 cm³/mol. The SMILES string of the molecule is CC(C(=O)O)N1C(=O)COc2ccc(-c3csc(-c4ccccn4)n3)cc21. The molecule has 0 bridgehead atoms. The molecule has 27 heavy (non-hydrogen) atoms. The smallest absolute Gasteiger partial charge is 0.326 e. The van der Waals surface area contributed by atoms with E-state index in [1.54, 1.807) is 18.3 Å². The van der Waals surface area contributed by atoms with Crippen molar-refractivity contribution in [1.29, 1.82) is 0 Å². The summed E-state index contributed by atoms with van der Waals surface area (Å²) in [5, 5.41) is 12.0. The number of benzene rings is 1. The lowest BCUT2D eigenvalue weighted by atomic mass is 10.1. The van der Waals surface area contributed by atoms with Gasteiger partial charge in [-0.3, -0.25) is 14.7 Å². The number of rotatable bonds is 4. The van der Waals surface area contributed by atoms with Gasteiger partial charge < -0.3 is 9.84 Å². The summed E-state index contributed by atoms with van der Waals surface area (Å²) in [5.74, 6) is -0.985. The molecule has 1 unspecified atom stereocenters. The highest BCUT2D eigenvalue weighted by molar-refractivity contribution is 7.13. The van der Waals surface area contributed by atoms with Crippen LogP contribution >= 0.6 is 11.3 Å². The number of amides is 1. The zero-order valence-electron chi connectivity index (χ0n) is 14.3. The van der Waals surface area contributed by atoms with E-state index in [0.717, 1.165) is 22.0 Å². The summed E-state index contributed by atoms with van der Waals surface area (Å²) in [4.78, 5) is 33.9. The molecule has 136 valence electrons. The fourth-order valence-corrected chi connectivity index (χ4v) is 3.68. The number of nitrogens with zero attached hydrogens (tertiary/aromatic N) is 3. The molecule has 3 heterocycles. The van der Waals surface area contributed by atoms with Crippen LogP contribution in [0.25, 0.3) is 22.0 Å². The first-order chi connectivity index (χ1) is 13.0. The number of ether oxygens (including phenoxy) is 1. The molecule has 1 N–H and O–H groups in total. The number of hydrogen-bond donors (Lipinski definition) is 1. The maximum absolute atomic E-state index is 12.3. The van der Waals surface area contributed by atoms with Gasteiger partial charge >= 0.3 is 5.97 Å². The molecule has 8 heteroatoms. The van der Waals surface area contributed by atoms with Crippen molar-refractivity contribution in [1.82, 2.24) is 9.97 Å². The summed E-state index contributed by atoms with van der Waals surface area (Å²) in [6.45, 7) is 1.30. The van der Waals surface area contributed by atoms with Crippen molar-refractivity contribution in [2.75, 3.05) is 11.5 Å². The minimum absolute atomic E-state index is 0.176. The first-order valence-corrected chi connectivity index (χ1v) is 9.11. The first kappa shape index (κ1) is 17.2. The number of carboxylic acids is 1. The number of carboxylic acid groups (broad SMARTS) is 1. The number of fused-ring (bicyclic) bond motifs is 1. The Morgan fingerprint density at radius 2 is 2.15 bits per heavy atom. The number of thiazole rings is 1. The van der Waals surface area contributed by atoms with Crippen LogP contribution in [0.2, 0.25) is 0 Å². The minimum Gasteiger partial charge on any atom is -0.482 e. The van der Waals surface area contributed by atoms with Crippen LogP contribution in [-0.4, -0.2) is 39.6 Å². The van der Waals surface area contributed by atoms with Crippen LogP contribution in [0.15, 0.2) is 48.0 Å². The van der Waals surface area contributed by atoms with Gasteiger partial charge in [-0.15, -0.1) is 11.3 Å². The van der Waals surface area contributed by atoms with E-state index in [0.29, 0.717) is 11.4 Å². The van der Waals surface area contributed by atoms with Crippen LogP contribution in [0, 0.1) is 0 Å². The standard InChI is InChI=1S/C19H15N3O4S/c1-11(19(24)25)22-15-8-12(5-6-16(15)26-9-17(22)23)14-10-27-18(21-14)13-4-2-3-7-20-13/h2-8,10-11H,9H2,1H3,(H,24,25). The fraction of sp³-hybridized carbons (Fsp3) is 0.158. The Bertz CT molecular complexity index is 1020. The molecule has 2 aromatic heterocycles. The Morgan fingerprint density at radius 1 is 1.30 bits per heavy atom. The Balaban J connectivity index is 1.73. The fourth-order valence-electron chi connectivity index (χ4n) is 2.88. The molecule has 0 spiro atoms. The first-order valence-electron chi connectivity index (χ1n) is 8.23. The van der Waals surface area contributed by atoms with E-state index in [9.17, 15) is 14.7 Å². The van der Waals surface area contributed by atoms with Gasteiger partial charge in [0.2, 0.25) is 0 Å². The zero-order valence-corrected chi connectivity index (χ0v) is 15.1. The molecule has 0 saturated carbocycles. The molecule has 1 aliphatic heterocycles. The van der Waals surface area contributed by atoms with Gasteiger partial charge in [-0.1, -0.05) is 6.07 Å². The minimum atomic E-state index is -1.08. The molecule has 1 atom stereocenters. The third-order valence-electron chi connectivity index (χ3n) is 4.27. The highest BCUT2D eigenvalue weighted by atomic mass is 32.1. The molecular weight excluding hydrogens is 366 g/mol. The number of pyridine rings is 1. The van der Waals surface area contributed by atoms with E-state index in [4.69, 9.17) is 4.74 Å². The molecule has 4 rings (SSSR count). The van der Waals surface area contributed by atoms with Crippen molar-refractivity contribution in [3.05, 3.63) is 48.0 Å². The van der Waals surface area contributed by atoms with Crippen molar-refractivity contribution in [2.45, 2.75) is 13.0 Å². The summed E-state index contributed by atoms with van der Waals surface area (Å²) < 4.78 is 5.45. The van der Waals surface area contributed by atoms with Gasteiger partial charge in [0.05, 0.1) is 17.1 Å². The van der Waals surface area contributed by atoms with Gasteiger partial charge in [-0.25, -0.2) is 9.78 Å². The quantitative estimate of drug-likeness (QED) is 0.747. The number of aliphatic carboxylic acids is 1. The molecular formula is C19H15N3O4S. The summed E-state index contributed by atoms with van der Waals surface area (Å²) >= 11 is 1.47. The van der Waals surface area contributed by atoms with Crippen LogP contribution in [-0.2, 0) is 9.59 Å². The molecule has 1 aliphatic rings. The Labute approximate surface area is 158 Å². The van der Waals surface area contributed by atoms with E-state index < -0.39 is 12.0 Å². The summed E-state index contributed by atoms with van der Waals surface area (Å²) in [5.41, 5.74) is 2.72. The van der Waals surface area contributed by atoms with Crippen molar-refractivity contribution in [3.8, 4) is 27.7 Å². The lowest BCUT2D eigenvalue weighted by Gasteiger charge is -2.32. The molecule has 1 amide bonds. The van der Waals surface area contributed by atoms with Crippen LogP contribution < -0.4 is 9.64 Å². The highest BCUT2D eigenvalue weighted by Crippen LogP contribution is 2.38. The van der Waals surface area contributed by atoms with Crippen molar-refractivity contribution >= 4 is 28.9 Å². The van der Waals surface area contributed by atoms with Crippen LogP contribution in [0.1, 0.15) is 6.92 Å². The topological polar surface area (TPSA) is 92.6 Å². The average molecular weight is 381 g/mol. The Hall–Kier alpha value is -3.26. The van der Waals surface area contributed by atoms with Crippen LogP contribution in [0.5, 0.6) is 5.75 Å². The molecule has 3 aromatic rings. The molecule has 1 aromatic carbocycles.